The molecule has 0 spiro atoms. The molecular weight excluding hydrogens is 676 g/mol. The van der Waals surface area contributed by atoms with Crippen LogP contribution in [-0.4, -0.2) is 70.7 Å². The van der Waals surface area contributed by atoms with Gasteiger partial charge >= 0.3 is 0 Å². The highest BCUT2D eigenvalue weighted by molar-refractivity contribution is 7.88. The largest absolute Gasteiger partial charge is 0.346 e. The lowest BCUT2D eigenvalue weighted by atomic mass is 9.97. The second-order valence-electron chi connectivity index (χ2n) is 12.7. The number of fused-ring (bicyclic) bond motifs is 1. The number of hydrogen-bond donors (Lipinski definition) is 1. The lowest BCUT2D eigenvalue weighted by Crippen LogP contribution is -2.35. The number of benzene rings is 3. The van der Waals surface area contributed by atoms with E-state index >= 15 is 0 Å². The van der Waals surface area contributed by atoms with Crippen LogP contribution in [0, 0.1) is 0 Å². The number of nitrogens with zero attached hydrogens (tertiary/aromatic N) is 5. The van der Waals surface area contributed by atoms with Crippen molar-refractivity contribution in [2.75, 3.05) is 32.4 Å². The molecule has 12 heteroatoms. The van der Waals surface area contributed by atoms with E-state index in [1.165, 1.54) is 34.7 Å². The van der Waals surface area contributed by atoms with Gasteiger partial charge in [0.2, 0.25) is 10.0 Å². The maximum Gasteiger partial charge on any atom is 0.251 e. The normalized spacial score (nSPS) is 15.4. The van der Waals surface area contributed by atoms with Crippen molar-refractivity contribution in [3.8, 4) is 33.6 Å². The van der Waals surface area contributed by atoms with Gasteiger partial charge in [0.05, 0.1) is 24.2 Å². The third kappa shape index (κ3) is 7.66. The third-order valence-electron chi connectivity index (χ3n) is 9.31. The van der Waals surface area contributed by atoms with Crippen molar-refractivity contribution < 1.29 is 13.2 Å². The summed E-state index contributed by atoms with van der Waals surface area (Å²) in [7, 11) is -3.36. The first-order valence-corrected chi connectivity index (χ1v) is 19.8. The molecule has 0 atom stereocenters. The van der Waals surface area contributed by atoms with Gasteiger partial charge in [-0.25, -0.2) is 13.4 Å². The lowest BCUT2D eigenvalue weighted by Gasteiger charge is -2.26. The number of nitrogens with one attached hydrogen (secondary N) is 1. The van der Waals surface area contributed by atoms with E-state index in [0.29, 0.717) is 30.1 Å². The van der Waals surface area contributed by atoms with Gasteiger partial charge in [-0.3, -0.25) is 9.48 Å². The van der Waals surface area contributed by atoms with E-state index in [1.807, 2.05) is 72.1 Å². The predicted octanol–water partition coefficient (Wildman–Crippen LogP) is 6.73. The maximum absolute atomic E-state index is 13.3. The molecule has 1 N–H and O–H groups in total. The van der Waals surface area contributed by atoms with Gasteiger partial charge in [-0.05, 0) is 68.7 Å². The number of hydrogen-bond acceptors (Lipinski definition) is 7. The van der Waals surface area contributed by atoms with Crippen LogP contribution in [0.5, 0.6) is 0 Å². The van der Waals surface area contributed by atoms with Crippen LogP contribution in [0.4, 0.5) is 0 Å². The van der Waals surface area contributed by atoms with Crippen molar-refractivity contribution in [2.24, 2.45) is 0 Å². The highest BCUT2D eigenvalue weighted by atomic mass is 35.5. The molecule has 254 valence electrons. The minimum absolute atomic E-state index is 0.201. The van der Waals surface area contributed by atoms with Gasteiger partial charge in [-0.1, -0.05) is 60.1 Å². The molecule has 4 heterocycles. The number of carbonyl (C=O) groups is 1. The first kappa shape index (κ1) is 33.6. The van der Waals surface area contributed by atoms with Crippen LogP contribution in [0.25, 0.3) is 33.6 Å². The van der Waals surface area contributed by atoms with E-state index in [2.05, 4.69) is 19.9 Å². The zero-order chi connectivity index (χ0) is 34.0. The summed E-state index contributed by atoms with van der Waals surface area (Å²) in [6.07, 6.45) is 5.39. The molecule has 0 saturated carbocycles. The van der Waals surface area contributed by atoms with Gasteiger partial charge in [0.15, 0.2) is 0 Å². The van der Waals surface area contributed by atoms with E-state index in [9.17, 15) is 13.2 Å². The molecule has 3 aromatic carbocycles. The average molecular weight is 715 g/mol. The number of carbonyl (C=O) groups excluding carboxylic acids is 1. The molecule has 9 nitrogen and oxygen atoms in total. The topological polar surface area (TPSA) is 100 Å². The Morgan fingerprint density at radius 2 is 1.73 bits per heavy atom. The summed E-state index contributed by atoms with van der Waals surface area (Å²) in [5.41, 5.74) is 7.70. The molecule has 2 aliphatic heterocycles. The highest BCUT2D eigenvalue weighted by Crippen LogP contribution is 2.36. The van der Waals surface area contributed by atoms with Crippen LogP contribution in [0.2, 0.25) is 5.02 Å². The third-order valence-corrected chi connectivity index (χ3v) is 11.7. The van der Waals surface area contributed by atoms with Crippen LogP contribution in [0.1, 0.15) is 45.9 Å². The number of sulfonamides is 1. The summed E-state index contributed by atoms with van der Waals surface area (Å²) < 4.78 is 28.8. The van der Waals surface area contributed by atoms with Crippen LogP contribution >= 0.6 is 22.9 Å². The number of halogens is 1. The summed E-state index contributed by atoms with van der Waals surface area (Å²) >= 11 is 8.30. The Morgan fingerprint density at radius 3 is 2.53 bits per heavy atom. The van der Waals surface area contributed by atoms with Crippen molar-refractivity contribution in [2.45, 2.75) is 45.3 Å². The molecule has 5 aromatic rings. The molecule has 2 aliphatic rings. The first-order valence-electron chi connectivity index (χ1n) is 16.7. The summed E-state index contributed by atoms with van der Waals surface area (Å²) in [4.78, 5) is 20.4. The molecule has 0 radical (unpaired) electrons. The van der Waals surface area contributed by atoms with E-state index in [1.54, 1.807) is 6.07 Å². The molecule has 1 fully saturated rings. The minimum atomic E-state index is -3.36. The van der Waals surface area contributed by atoms with Gasteiger partial charge < -0.3 is 10.2 Å². The Morgan fingerprint density at radius 1 is 0.939 bits per heavy atom. The molecule has 2 aromatic heterocycles. The second kappa shape index (κ2) is 14.5. The van der Waals surface area contributed by atoms with Gasteiger partial charge in [0, 0.05) is 70.0 Å². The predicted molar refractivity (Wildman–Crippen MR) is 196 cm³/mol. The van der Waals surface area contributed by atoms with E-state index < -0.39 is 10.0 Å². The fourth-order valence-corrected chi connectivity index (χ4v) is 8.49. The summed E-state index contributed by atoms with van der Waals surface area (Å²) in [6.45, 7) is 5.19. The van der Waals surface area contributed by atoms with E-state index in [4.69, 9.17) is 16.7 Å². The Balaban J connectivity index is 1.12. The van der Waals surface area contributed by atoms with Crippen molar-refractivity contribution in [1.82, 2.24) is 29.3 Å². The minimum Gasteiger partial charge on any atom is -0.346 e. The van der Waals surface area contributed by atoms with Crippen LogP contribution < -0.4 is 5.32 Å². The van der Waals surface area contributed by atoms with E-state index in [-0.39, 0.29) is 12.5 Å². The van der Waals surface area contributed by atoms with Crippen LogP contribution in [0.3, 0.4) is 0 Å². The Bertz CT molecular complexity index is 2070. The summed E-state index contributed by atoms with van der Waals surface area (Å²) in [5.74, 6) is -0.201. The van der Waals surface area contributed by atoms with Crippen molar-refractivity contribution in [3.05, 3.63) is 105 Å². The summed E-state index contributed by atoms with van der Waals surface area (Å²) in [5, 5.41) is 11.5. The standard InChI is InChI=1S/C37H39ClN6O3S2/c1-49(46,47)43-20-15-34-31(24-43)36(41-44(34)19-8-18-42-16-5-6-17-42)28-13-14-32(38)30(22-28)27-11-7-12-29(21-27)37(45)39-23-35-40-33(25-48-35)26-9-3-2-4-10-26/h2-4,7,9-14,21-22,25H,5-6,8,15-20,23-24H2,1H3,(H,39,45). The van der Waals surface area contributed by atoms with Crippen LogP contribution in [-0.2, 0) is 36.1 Å². The molecule has 7 rings (SSSR count). The average Bonchev–Trinajstić information content (AvgIpc) is 3.89. The fraction of sp³-hybridized carbons (Fsp3) is 0.324. The Kier molecular flexibility index (Phi) is 9.98. The van der Waals surface area contributed by atoms with Gasteiger partial charge in [-0.15, -0.1) is 11.3 Å². The van der Waals surface area contributed by atoms with Gasteiger partial charge in [-0.2, -0.15) is 9.40 Å². The quantitative estimate of drug-likeness (QED) is 0.163. The van der Waals surface area contributed by atoms with Crippen molar-refractivity contribution in [1.29, 1.82) is 0 Å². The molecule has 0 aliphatic carbocycles. The SMILES string of the molecule is CS(=O)(=O)N1CCc2c(c(-c3ccc(Cl)c(-c4cccc(C(=O)NCc5nc(-c6ccccc6)cs5)c4)c3)nn2CCCN2CCCC2)C1. The number of thiazole rings is 1. The maximum atomic E-state index is 13.3. The second-order valence-corrected chi connectivity index (χ2v) is 16.0. The zero-order valence-corrected chi connectivity index (χ0v) is 29.8. The number of amides is 1. The first-order chi connectivity index (χ1) is 23.7. The van der Waals surface area contributed by atoms with Crippen LogP contribution in [0.15, 0.2) is 78.2 Å². The fourth-order valence-electron chi connectivity index (χ4n) is 6.73. The monoisotopic (exact) mass is 714 g/mol. The number of likely N-dealkylation sites (tertiary alicyclic amines) is 1. The molecule has 1 amide bonds. The van der Waals surface area contributed by atoms with Crippen molar-refractivity contribution >= 4 is 38.9 Å². The number of rotatable bonds is 11. The molecule has 0 bridgehead atoms. The van der Waals surface area contributed by atoms with Gasteiger partial charge in [0.25, 0.3) is 5.91 Å². The van der Waals surface area contributed by atoms with E-state index in [0.717, 1.165) is 82.5 Å². The molecule has 0 unspecified atom stereocenters. The lowest BCUT2D eigenvalue weighted by molar-refractivity contribution is 0.0951. The summed E-state index contributed by atoms with van der Waals surface area (Å²) in [6, 6.07) is 23.2. The zero-order valence-electron chi connectivity index (χ0n) is 27.4. The molecular formula is C37H39ClN6O3S2. The smallest absolute Gasteiger partial charge is 0.251 e. The Hall–Kier alpha value is -3.87. The molecule has 1 saturated heterocycles. The number of aryl methyl sites for hydroxylation is 1. The number of aromatic nitrogens is 3. The Labute approximate surface area is 296 Å². The molecule has 49 heavy (non-hydrogen) atoms. The van der Waals surface area contributed by atoms with Crippen molar-refractivity contribution in [3.63, 3.8) is 0 Å². The highest BCUT2D eigenvalue weighted by Gasteiger charge is 2.30. The van der Waals surface area contributed by atoms with Gasteiger partial charge in [0.1, 0.15) is 5.01 Å².